The maximum atomic E-state index is 3.83. The van der Waals surface area contributed by atoms with Crippen molar-refractivity contribution in [3.8, 4) is 0 Å². The number of rotatable bonds is 9. The van der Waals surface area contributed by atoms with Crippen LogP contribution in [0.1, 0.15) is 60.3 Å². The zero-order valence-electron chi connectivity index (χ0n) is 13.9. The molecule has 0 amide bonds. The van der Waals surface area contributed by atoms with Crippen LogP contribution in [0.2, 0.25) is 0 Å². The molecule has 0 radical (unpaired) electrons. The molecule has 1 aliphatic heterocycles. The van der Waals surface area contributed by atoms with Gasteiger partial charge in [0.2, 0.25) is 0 Å². The summed E-state index contributed by atoms with van der Waals surface area (Å²) in [7, 11) is 0. The summed E-state index contributed by atoms with van der Waals surface area (Å²) in [6.07, 6.45) is 5.44. The van der Waals surface area contributed by atoms with Crippen molar-refractivity contribution in [3.05, 3.63) is 0 Å². The largest absolute Gasteiger partial charge is 0.314 e. The first-order chi connectivity index (χ1) is 8.97. The third kappa shape index (κ3) is 7.94. The van der Waals surface area contributed by atoms with Gasteiger partial charge in [0.15, 0.2) is 0 Å². The average Bonchev–Trinajstić information content (AvgIpc) is 2.77. The summed E-state index contributed by atoms with van der Waals surface area (Å²) in [5, 5.41) is 3.83. The van der Waals surface area contributed by atoms with Gasteiger partial charge in [0.05, 0.1) is 0 Å². The van der Waals surface area contributed by atoms with Crippen molar-refractivity contribution >= 4 is 0 Å². The van der Waals surface area contributed by atoms with Gasteiger partial charge in [-0.2, -0.15) is 0 Å². The van der Waals surface area contributed by atoms with Gasteiger partial charge in [0.1, 0.15) is 0 Å². The van der Waals surface area contributed by atoms with Crippen molar-refractivity contribution in [3.63, 3.8) is 0 Å². The smallest absolute Gasteiger partial charge is 0.00720 e. The van der Waals surface area contributed by atoms with Gasteiger partial charge in [-0.25, -0.2) is 0 Å². The highest BCUT2D eigenvalue weighted by Gasteiger charge is 2.17. The van der Waals surface area contributed by atoms with Crippen LogP contribution in [0.5, 0.6) is 0 Å². The van der Waals surface area contributed by atoms with Crippen LogP contribution in [-0.4, -0.2) is 37.1 Å². The first-order valence-electron chi connectivity index (χ1n) is 8.43. The number of hydrogen-bond acceptors (Lipinski definition) is 2. The van der Waals surface area contributed by atoms with Crippen LogP contribution in [0.15, 0.2) is 0 Å². The third-order valence-corrected chi connectivity index (χ3v) is 4.04. The topological polar surface area (TPSA) is 15.3 Å². The molecular weight excluding hydrogens is 232 g/mol. The van der Waals surface area contributed by atoms with Gasteiger partial charge < -0.3 is 10.2 Å². The van der Waals surface area contributed by atoms with Crippen LogP contribution in [-0.2, 0) is 0 Å². The Bertz CT molecular complexity index is 209. The molecule has 1 rings (SSSR count). The lowest BCUT2D eigenvalue weighted by Gasteiger charge is -2.26. The predicted molar refractivity (Wildman–Crippen MR) is 85.5 cm³/mol. The number of hydrogen-bond donors (Lipinski definition) is 1. The quantitative estimate of drug-likeness (QED) is 0.685. The molecule has 1 unspecified atom stereocenters. The van der Waals surface area contributed by atoms with E-state index in [0.717, 1.165) is 17.8 Å². The Labute approximate surface area is 121 Å². The van der Waals surface area contributed by atoms with E-state index in [1.807, 2.05) is 0 Å². The van der Waals surface area contributed by atoms with E-state index in [9.17, 15) is 0 Å². The molecule has 0 aromatic carbocycles. The number of likely N-dealkylation sites (tertiary alicyclic amines) is 1. The fourth-order valence-electron chi connectivity index (χ4n) is 3.24. The normalized spacial score (nSPS) is 18.9. The fraction of sp³-hybridized carbons (Fsp3) is 1.00. The van der Waals surface area contributed by atoms with Gasteiger partial charge >= 0.3 is 0 Å². The molecular formula is C17H36N2. The molecule has 114 valence electrons. The Balaban J connectivity index is 2.24. The van der Waals surface area contributed by atoms with Crippen molar-refractivity contribution in [2.75, 3.05) is 26.2 Å². The summed E-state index contributed by atoms with van der Waals surface area (Å²) in [5.74, 6) is 2.37. The van der Waals surface area contributed by atoms with Crippen LogP contribution in [0, 0.1) is 17.8 Å². The van der Waals surface area contributed by atoms with Crippen molar-refractivity contribution in [2.45, 2.75) is 66.3 Å². The van der Waals surface area contributed by atoms with Crippen LogP contribution < -0.4 is 5.32 Å². The molecule has 0 aromatic rings. The summed E-state index contributed by atoms with van der Waals surface area (Å²) in [6, 6.07) is 0.709. The fourth-order valence-corrected chi connectivity index (χ4v) is 3.24. The zero-order chi connectivity index (χ0) is 14.3. The van der Waals surface area contributed by atoms with Crippen molar-refractivity contribution in [1.29, 1.82) is 0 Å². The first kappa shape index (κ1) is 17.0. The predicted octanol–water partition coefficient (Wildman–Crippen LogP) is 3.77. The molecule has 1 N–H and O–H groups in total. The molecule has 0 aliphatic carbocycles. The highest BCUT2D eigenvalue weighted by atomic mass is 15.1. The summed E-state index contributed by atoms with van der Waals surface area (Å²) in [5.41, 5.74) is 0. The standard InChI is InChI=1S/C17H36N2/c1-14(2)10-17(11-15(3)4)18-12-16(5)13-19-8-6-7-9-19/h14-18H,6-13H2,1-5H3. The second-order valence-corrected chi connectivity index (χ2v) is 7.48. The molecule has 1 atom stereocenters. The van der Waals surface area contributed by atoms with Gasteiger partial charge in [0, 0.05) is 12.6 Å². The van der Waals surface area contributed by atoms with E-state index in [0.29, 0.717) is 6.04 Å². The molecule has 1 aliphatic rings. The molecule has 0 saturated carbocycles. The molecule has 1 fully saturated rings. The van der Waals surface area contributed by atoms with Crippen LogP contribution in [0.4, 0.5) is 0 Å². The molecule has 0 bridgehead atoms. The van der Waals surface area contributed by atoms with E-state index in [-0.39, 0.29) is 0 Å². The lowest BCUT2D eigenvalue weighted by molar-refractivity contribution is 0.267. The van der Waals surface area contributed by atoms with Crippen molar-refractivity contribution < 1.29 is 0 Å². The summed E-state index contributed by atoms with van der Waals surface area (Å²) >= 11 is 0. The highest BCUT2D eigenvalue weighted by molar-refractivity contribution is 4.74. The average molecular weight is 268 g/mol. The van der Waals surface area contributed by atoms with Crippen LogP contribution in [0.3, 0.4) is 0 Å². The first-order valence-corrected chi connectivity index (χ1v) is 8.43. The minimum absolute atomic E-state index is 0.709. The van der Waals surface area contributed by atoms with Crippen LogP contribution >= 0.6 is 0 Å². The minimum Gasteiger partial charge on any atom is -0.314 e. The number of nitrogens with zero attached hydrogens (tertiary/aromatic N) is 1. The molecule has 19 heavy (non-hydrogen) atoms. The SMILES string of the molecule is CC(C)CC(CC(C)C)NCC(C)CN1CCCC1. The highest BCUT2D eigenvalue weighted by Crippen LogP contribution is 2.14. The molecule has 1 heterocycles. The number of nitrogens with one attached hydrogen (secondary N) is 1. The summed E-state index contributed by atoms with van der Waals surface area (Å²) in [4.78, 5) is 2.63. The minimum atomic E-state index is 0.709. The van der Waals surface area contributed by atoms with Gasteiger partial charge in [-0.1, -0.05) is 34.6 Å². The van der Waals surface area contributed by atoms with Crippen molar-refractivity contribution in [2.24, 2.45) is 17.8 Å². The van der Waals surface area contributed by atoms with E-state index in [1.54, 1.807) is 0 Å². The Morgan fingerprint density at radius 2 is 1.42 bits per heavy atom. The second-order valence-electron chi connectivity index (χ2n) is 7.48. The Hall–Kier alpha value is -0.0800. The molecule has 2 nitrogen and oxygen atoms in total. The second kappa shape index (κ2) is 8.97. The molecule has 2 heteroatoms. The molecule has 0 aromatic heterocycles. The van der Waals surface area contributed by atoms with E-state index in [2.05, 4.69) is 44.8 Å². The van der Waals surface area contributed by atoms with Crippen molar-refractivity contribution in [1.82, 2.24) is 10.2 Å². The van der Waals surface area contributed by atoms with Crippen LogP contribution in [0.25, 0.3) is 0 Å². The van der Waals surface area contributed by atoms with E-state index in [4.69, 9.17) is 0 Å². The van der Waals surface area contributed by atoms with Gasteiger partial charge in [-0.15, -0.1) is 0 Å². The third-order valence-electron chi connectivity index (χ3n) is 4.04. The lowest BCUT2D eigenvalue weighted by atomic mass is 9.95. The van der Waals surface area contributed by atoms with Gasteiger partial charge in [-0.05, 0) is 63.1 Å². The van der Waals surface area contributed by atoms with E-state index >= 15 is 0 Å². The van der Waals surface area contributed by atoms with E-state index in [1.165, 1.54) is 51.9 Å². The lowest BCUT2D eigenvalue weighted by Crippen LogP contribution is -2.38. The monoisotopic (exact) mass is 268 g/mol. The Kier molecular flexibility index (Phi) is 8.01. The summed E-state index contributed by atoms with van der Waals surface area (Å²) in [6.45, 7) is 16.9. The van der Waals surface area contributed by atoms with Gasteiger partial charge in [-0.3, -0.25) is 0 Å². The molecule has 1 saturated heterocycles. The van der Waals surface area contributed by atoms with E-state index < -0.39 is 0 Å². The Morgan fingerprint density at radius 3 is 1.89 bits per heavy atom. The Morgan fingerprint density at radius 1 is 0.895 bits per heavy atom. The maximum Gasteiger partial charge on any atom is 0.00720 e. The van der Waals surface area contributed by atoms with Gasteiger partial charge in [0.25, 0.3) is 0 Å². The zero-order valence-corrected chi connectivity index (χ0v) is 13.9. The molecule has 0 spiro atoms. The summed E-state index contributed by atoms with van der Waals surface area (Å²) < 4.78 is 0. The maximum absolute atomic E-state index is 3.83.